The number of rotatable bonds is 2. The van der Waals surface area contributed by atoms with Crippen LogP contribution in [0.2, 0.25) is 5.02 Å². The molecule has 2 N–H and O–H groups in total. The molecule has 90 valence electrons. The van der Waals surface area contributed by atoms with Crippen molar-refractivity contribution < 1.29 is 26.7 Å². The fraction of sp³-hybridized carbons (Fsp3) is 0.250. The first kappa shape index (κ1) is 12.8. The first-order valence-corrected chi connectivity index (χ1v) is 4.21. The Kier molecular flexibility index (Phi) is 3.47. The van der Waals surface area contributed by atoms with Crippen LogP contribution in [0.4, 0.5) is 27.6 Å². The van der Waals surface area contributed by atoms with Gasteiger partial charge in [0.25, 0.3) is 6.43 Å². The van der Waals surface area contributed by atoms with E-state index in [1.54, 1.807) is 0 Å². The third-order valence-corrected chi connectivity index (χ3v) is 1.92. The summed E-state index contributed by atoms with van der Waals surface area (Å²) in [5.41, 5.74) is 3.90. The van der Waals surface area contributed by atoms with Gasteiger partial charge in [-0.15, -0.1) is 13.2 Å². The van der Waals surface area contributed by atoms with Crippen molar-refractivity contribution in [2.75, 3.05) is 5.73 Å². The average Bonchev–Trinajstić information content (AvgIpc) is 2.07. The van der Waals surface area contributed by atoms with Gasteiger partial charge in [0.2, 0.25) is 0 Å². The van der Waals surface area contributed by atoms with Crippen molar-refractivity contribution in [3.05, 3.63) is 22.7 Å². The van der Waals surface area contributed by atoms with Crippen LogP contribution in [-0.4, -0.2) is 6.36 Å². The molecular weight excluding hydrogens is 257 g/mol. The molecule has 0 aromatic heterocycles. The van der Waals surface area contributed by atoms with Crippen molar-refractivity contribution in [3.8, 4) is 5.75 Å². The SMILES string of the molecule is Nc1c(Cl)cc(OC(F)(F)F)cc1C(F)F. The van der Waals surface area contributed by atoms with Gasteiger partial charge in [0.1, 0.15) is 5.75 Å². The molecule has 0 aliphatic heterocycles. The van der Waals surface area contributed by atoms with Gasteiger partial charge in [0, 0.05) is 11.6 Å². The highest BCUT2D eigenvalue weighted by atomic mass is 35.5. The Bertz CT molecular complexity index is 393. The lowest BCUT2D eigenvalue weighted by Gasteiger charge is -2.12. The van der Waals surface area contributed by atoms with Crippen molar-refractivity contribution in [1.29, 1.82) is 0 Å². The van der Waals surface area contributed by atoms with Crippen molar-refractivity contribution >= 4 is 17.3 Å². The van der Waals surface area contributed by atoms with Gasteiger partial charge < -0.3 is 10.5 Å². The van der Waals surface area contributed by atoms with Crippen LogP contribution in [0.25, 0.3) is 0 Å². The van der Waals surface area contributed by atoms with E-state index < -0.39 is 34.8 Å². The molecule has 1 rings (SSSR count). The second-order valence-corrected chi connectivity index (χ2v) is 3.16. The largest absolute Gasteiger partial charge is 0.573 e. The van der Waals surface area contributed by atoms with Gasteiger partial charge in [-0.25, -0.2) is 8.78 Å². The molecule has 0 aliphatic rings. The molecule has 2 nitrogen and oxygen atoms in total. The van der Waals surface area contributed by atoms with Crippen LogP contribution in [0.5, 0.6) is 5.75 Å². The van der Waals surface area contributed by atoms with Gasteiger partial charge in [0.05, 0.1) is 10.7 Å². The summed E-state index contributed by atoms with van der Waals surface area (Å²) in [6, 6.07) is 1.22. The number of halogens is 6. The zero-order valence-corrected chi connectivity index (χ0v) is 8.24. The summed E-state index contributed by atoms with van der Waals surface area (Å²) in [6.45, 7) is 0. The Morgan fingerprint density at radius 2 is 1.81 bits per heavy atom. The van der Waals surface area contributed by atoms with Crippen LogP contribution >= 0.6 is 11.6 Å². The fourth-order valence-electron chi connectivity index (χ4n) is 0.986. The molecular formula is C8H5ClF5NO. The van der Waals surface area contributed by atoms with Crippen LogP contribution in [0.1, 0.15) is 12.0 Å². The summed E-state index contributed by atoms with van der Waals surface area (Å²) in [4.78, 5) is 0. The molecule has 0 saturated heterocycles. The zero-order valence-electron chi connectivity index (χ0n) is 7.49. The lowest BCUT2D eigenvalue weighted by Crippen LogP contribution is -2.17. The summed E-state index contributed by atoms with van der Waals surface area (Å²) < 4.78 is 63.6. The summed E-state index contributed by atoms with van der Waals surface area (Å²) in [6.07, 6.45) is -8.01. The Hall–Kier alpha value is -1.24. The van der Waals surface area contributed by atoms with Gasteiger partial charge in [-0.2, -0.15) is 0 Å². The number of benzene rings is 1. The molecule has 0 unspecified atom stereocenters. The zero-order chi connectivity index (χ0) is 12.5. The first-order chi connectivity index (χ1) is 7.20. The Balaban J connectivity index is 3.14. The topological polar surface area (TPSA) is 35.2 Å². The van der Waals surface area contributed by atoms with Crippen molar-refractivity contribution in [1.82, 2.24) is 0 Å². The predicted molar refractivity (Wildman–Crippen MR) is 47.5 cm³/mol. The van der Waals surface area contributed by atoms with E-state index >= 15 is 0 Å². The number of anilines is 1. The standard InChI is InChI=1S/C8H5ClF5NO/c9-5-2-3(16-8(12,13)14)1-4(6(5)15)7(10)11/h1-2,7H,15H2. The normalized spacial score (nSPS) is 11.9. The van der Waals surface area contributed by atoms with Crippen LogP contribution in [0.3, 0.4) is 0 Å². The van der Waals surface area contributed by atoms with E-state index in [-0.39, 0.29) is 0 Å². The van der Waals surface area contributed by atoms with Gasteiger partial charge in [-0.1, -0.05) is 11.6 Å². The number of ether oxygens (including phenoxy) is 1. The molecule has 0 radical (unpaired) electrons. The number of nitrogen functional groups attached to an aromatic ring is 1. The minimum Gasteiger partial charge on any atom is -0.406 e. The Morgan fingerprint density at radius 3 is 2.25 bits per heavy atom. The van der Waals surface area contributed by atoms with Crippen molar-refractivity contribution in [2.24, 2.45) is 0 Å². The van der Waals surface area contributed by atoms with Crippen LogP contribution < -0.4 is 10.5 Å². The summed E-state index contributed by atoms with van der Waals surface area (Å²) in [5, 5.41) is -0.419. The van der Waals surface area contributed by atoms with E-state index in [1.807, 2.05) is 0 Å². The fourth-order valence-corrected chi connectivity index (χ4v) is 1.20. The minimum absolute atomic E-state index is 0.419. The minimum atomic E-state index is -4.97. The van der Waals surface area contributed by atoms with Gasteiger partial charge in [0.15, 0.2) is 0 Å². The molecule has 1 aromatic rings. The van der Waals surface area contributed by atoms with E-state index in [0.717, 1.165) is 6.07 Å². The second kappa shape index (κ2) is 4.32. The highest BCUT2D eigenvalue weighted by molar-refractivity contribution is 6.33. The van der Waals surface area contributed by atoms with E-state index in [9.17, 15) is 22.0 Å². The van der Waals surface area contributed by atoms with E-state index in [0.29, 0.717) is 6.07 Å². The van der Waals surface area contributed by atoms with Gasteiger partial charge >= 0.3 is 6.36 Å². The highest BCUT2D eigenvalue weighted by Gasteiger charge is 2.32. The maximum Gasteiger partial charge on any atom is 0.573 e. The van der Waals surface area contributed by atoms with Crippen LogP contribution in [0, 0.1) is 0 Å². The molecule has 0 amide bonds. The molecule has 0 spiro atoms. The number of hydrogen-bond acceptors (Lipinski definition) is 2. The molecule has 0 aliphatic carbocycles. The van der Waals surface area contributed by atoms with Gasteiger partial charge in [-0.05, 0) is 6.07 Å². The molecule has 0 atom stereocenters. The van der Waals surface area contributed by atoms with Crippen LogP contribution in [-0.2, 0) is 0 Å². The first-order valence-electron chi connectivity index (χ1n) is 3.83. The molecule has 16 heavy (non-hydrogen) atoms. The van der Waals surface area contributed by atoms with Crippen LogP contribution in [0.15, 0.2) is 12.1 Å². The van der Waals surface area contributed by atoms with E-state index in [2.05, 4.69) is 4.74 Å². The highest BCUT2D eigenvalue weighted by Crippen LogP contribution is 2.36. The molecule has 8 heteroatoms. The molecule has 0 bridgehead atoms. The summed E-state index contributed by atoms with van der Waals surface area (Å²) in [7, 11) is 0. The maximum atomic E-state index is 12.3. The van der Waals surface area contributed by atoms with Gasteiger partial charge in [-0.3, -0.25) is 0 Å². The maximum absolute atomic E-state index is 12.3. The Morgan fingerprint density at radius 1 is 1.25 bits per heavy atom. The third-order valence-electron chi connectivity index (χ3n) is 1.60. The lowest BCUT2D eigenvalue weighted by atomic mass is 10.2. The quantitative estimate of drug-likeness (QED) is 0.650. The number of hydrogen-bond donors (Lipinski definition) is 1. The predicted octanol–water partition coefficient (Wildman–Crippen LogP) is 3.76. The Labute approximate surface area is 91.7 Å². The number of alkyl halides is 5. The monoisotopic (exact) mass is 261 g/mol. The second-order valence-electron chi connectivity index (χ2n) is 2.76. The third kappa shape index (κ3) is 3.13. The average molecular weight is 262 g/mol. The van der Waals surface area contributed by atoms with Crippen molar-refractivity contribution in [3.63, 3.8) is 0 Å². The molecule has 0 fully saturated rings. The van der Waals surface area contributed by atoms with E-state index in [4.69, 9.17) is 17.3 Å². The summed E-state index contributed by atoms with van der Waals surface area (Å²) in [5.74, 6) is -0.831. The molecule has 1 aromatic carbocycles. The smallest absolute Gasteiger partial charge is 0.406 e. The summed E-state index contributed by atoms with van der Waals surface area (Å²) >= 11 is 5.39. The number of nitrogens with two attached hydrogens (primary N) is 1. The molecule has 0 heterocycles. The van der Waals surface area contributed by atoms with E-state index in [1.165, 1.54) is 0 Å². The molecule has 0 saturated carbocycles. The van der Waals surface area contributed by atoms with Crippen molar-refractivity contribution in [2.45, 2.75) is 12.8 Å². The lowest BCUT2D eigenvalue weighted by molar-refractivity contribution is -0.274.